The average molecular weight is 572 g/mol. The number of hydrogen-bond donors (Lipinski definition) is 1. The largest absolute Gasteiger partial charge is 0.457 e. The maximum Gasteiger partial charge on any atom is 0.410 e. The Balaban J connectivity index is 1.87. The van der Waals surface area contributed by atoms with E-state index in [1.54, 1.807) is 13.1 Å². The van der Waals surface area contributed by atoms with Crippen molar-refractivity contribution in [3.8, 4) is 6.07 Å². The molecule has 224 valence electrons. The molecule has 1 aromatic carbocycles. The minimum atomic E-state index is -0.900. The van der Waals surface area contributed by atoms with Gasteiger partial charge >= 0.3 is 12.1 Å². The lowest BCUT2D eigenvalue weighted by Crippen LogP contribution is -2.36. The Morgan fingerprint density at radius 1 is 1.24 bits per heavy atom. The average Bonchev–Trinajstić information content (AvgIpc) is 2.94. The Bertz CT molecular complexity index is 1140. The van der Waals surface area contributed by atoms with E-state index in [1.165, 1.54) is 17.0 Å². The number of nitrogens with zero attached hydrogens (tertiary/aromatic N) is 3. The van der Waals surface area contributed by atoms with Crippen molar-refractivity contribution < 1.29 is 33.3 Å². The summed E-state index contributed by atoms with van der Waals surface area (Å²) in [6.45, 7) is 8.42. The number of anilines is 1. The molecule has 1 saturated heterocycles. The summed E-state index contributed by atoms with van der Waals surface area (Å²) in [6, 6.07) is 6.86. The van der Waals surface area contributed by atoms with E-state index in [4.69, 9.17) is 19.5 Å². The van der Waals surface area contributed by atoms with Gasteiger partial charge in [-0.2, -0.15) is 5.26 Å². The van der Waals surface area contributed by atoms with Gasteiger partial charge < -0.3 is 29.1 Å². The number of aliphatic hydroxyl groups is 1. The normalized spacial score (nSPS) is 27.0. The first-order valence-corrected chi connectivity index (χ1v) is 14.2. The van der Waals surface area contributed by atoms with Gasteiger partial charge in [0.2, 0.25) is 0 Å². The standard InChI is InChI=1S/C31H42FN3O6/c1-21-6-8-27(36)20-29(37)41-30(22(2)7-9-28(21)40-31(38)34(4)11-5-10-33)23(3)16-24-17-25(32)19-26(18-24)35-12-14-39-15-13-35/h7,9,16-19,21-22,27-28,30,36H,5-6,8,11-15,20H2,1-4H3/b9-7+,23-16+/t21-,22-,27+,28+,30-/m0/s1. The lowest BCUT2D eigenvalue weighted by atomic mass is 9.91. The van der Waals surface area contributed by atoms with Crippen molar-refractivity contribution in [3.63, 3.8) is 0 Å². The van der Waals surface area contributed by atoms with Crippen LogP contribution in [0.15, 0.2) is 35.9 Å². The Kier molecular flexibility index (Phi) is 12.2. The quantitative estimate of drug-likeness (QED) is 0.386. The molecule has 0 aromatic heterocycles. The fourth-order valence-electron chi connectivity index (χ4n) is 4.99. The number of carbonyl (C=O) groups excluding carboxylic acids is 2. The van der Waals surface area contributed by atoms with Crippen molar-refractivity contribution in [2.45, 2.75) is 64.8 Å². The summed E-state index contributed by atoms with van der Waals surface area (Å²) in [7, 11) is 1.58. The molecular weight excluding hydrogens is 529 g/mol. The Hall–Kier alpha value is -3.42. The summed E-state index contributed by atoms with van der Waals surface area (Å²) in [5, 5.41) is 19.3. The van der Waals surface area contributed by atoms with Crippen LogP contribution in [0, 0.1) is 29.0 Å². The van der Waals surface area contributed by atoms with Gasteiger partial charge in [0, 0.05) is 38.3 Å². The molecule has 0 bridgehead atoms. The van der Waals surface area contributed by atoms with E-state index in [1.807, 2.05) is 45.1 Å². The summed E-state index contributed by atoms with van der Waals surface area (Å²) >= 11 is 0. The fraction of sp³-hybridized carbons (Fsp3) is 0.581. The molecule has 41 heavy (non-hydrogen) atoms. The molecule has 0 spiro atoms. The molecule has 2 aliphatic heterocycles. The van der Waals surface area contributed by atoms with Crippen molar-refractivity contribution in [1.29, 1.82) is 5.26 Å². The van der Waals surface area contributed by atoms with Crippen LogP contribution in [0.25, 0.3) is 6.08 Å². The highest BCUT2D eigenvalue weighted by molar-refractivity contribution is 5.71. The zero-order chi connectivity index (χ0) is 29.9. The van der Waals surface area contributed by atoms with Crippen LogP contribution in [0.5, 0.6) is 0 Å². The summed E-state index contributed by atoms with van der Waals surface area (Å²) < 4.78 is 31.6. The van der Waals surface area contributed by atoms with Crippen molar-refractivity contribution in [2.75, 3.05) is 44.8 Å². The van der Waals surface area contributed by atoms with E-state index in [2.05, 4.69) is 4.90 Å². The minimum absolute atomic E-state index is 0.127. The van der Waals surface area contributed by atoms with Crippen molar-refractivity contribution >= 4 is 23.8 Å². The van der Waals surface area contributed by atoms with Crippen LogP contribution >= 0.6 is 0 Å². The van der Waals surface area contributed by atoms with Crippen molar-refractivity contribution in [3.05, 3.63) is 47.3 Å². The van der Waals surface area contributed by atoms with E-state index in [0.29, 0.717) is 50.3 Å². The van der Waals surface area contributed by atoms with E-state index < -0.39 is 30.4 Å². The molecule has 9 nitrogen and oxygen atoms in total. The third-order valence-electron chi connectivity index (χ3n) is 7.49. The Labute approximate surface area is 242 Å². The third kappa shape index (κ3) is 9.87. The highest BCUT2D eigenvalue weighted by Gasteiger charge is 2.28. The van der Waals surface area contributed by atoms with Gasteiger partial charge in [0.15, 0.2) is 0 Å². The van der Waals surface area contributed by atoms with Gasteiger partial charge in [0.05, 0.1) is 38.2 Å². The lowest BCUT2D eigenvalue weighted by Gasteiger charge is -2.29. The topological polar surface area (TPSA) is 112 Å². The van der Waals surface area contributed by atoms with Gasteiger partial charge in [-0.1, -0.05) is 26.0 Å². The summed E-state index contributed by atoms with van der Waals surface area (Å²) in [5.74, 6) is -1.32. The lowest BCUT2D eigenvalue weighted by molar-refractivity contribution is -0.151. The van der Waals surface area contributed by atoms with Crippen LogP contribution in [-0.4, -0.2) is 80.3 Å². The molecule has 10 heteroatoms. The van der Waals surface area contributed by atoms with E-state index in [0.717, 1.165) is 5.69 Å². The number of morpholine rings is 1. The predicted octanol–water partition coefficient (Wildman–Crippen LogP) is 4.70. The number of rotatable bonds is 6. The maximum absolute atomic E-state index is 14.6. The van der Waals surface area contributed by atoms with Crippen molar-refractivity contribution in [1.82, 2.24) is 4.90 Å². The molecule has 1 N–H and O–H groups in total. The van der Waals surface area contributed by atoms with Gasteiger partial charge in [-0.3, -0.25) is 4.79 Å². The van der Waals surface area contributed by atoms with Crippen LogP contribution in [0.1, 0.15) is 52.0 Å². The number of hydrogen-bond acceptors (Lipinski definition) is 8. The second kappa shape index (κ2) is 15.5. The first kappa shape index (κ1) is 32.1. The number of halogens is 1. The Morgan fingerprint density at radius 3 is 2.68 bits per heavy atom. The molecule has 0 aliphatic carbocycles. The summed E-state index contributed by atoms with van der Waals surface area (Å²) in [6.07, 6.45) is 3.66. The smallest absolute Gasteiger partial charge is 0.410 e. The van der Waals surface area contributed by atoms with Crippen LogP contribution in [0.3, 0.4) is 0 Å². The van der Waals surface area contributed by atoms with Gasteiger partial charge in [0.25, 0.3) is 0 Å². The zero-order valence-electron chi connectivity index (χ0n) is 24.4. The summed E-state index contributed by atoms with van der Waals surface area (Å²) in [5.41, 5.74) is 2.11. The number of carbonyl (C=O) groups is 2. The van der Waals surface area contributed by atoms with E-state index in [9.17, 15) is 19.1 Å². The van der Waals surface area contributed by atoms with E-state index >= 15 is 0 Å². The SMILES string of the molecule is C/C(=C\c1cc(F)cc(N2CCOCC2)c1)[C@H]1OC(=O)C[C@H](O)CC[C@H](C)[C@H](OC(=O)N(C)CCC#N)/C=C/[C@@H]1C. The summed E-state index contributed by atoms with van der Waals surface area (Å²) in [4.78, 5) is 28.9. The monoisotopic (exact) mass is 571 g/mol. The first-order chi connectivity index (χ1) is 19.6. The number of ether oxygens (including phenoxy) is 3. The maximum atomic E-state index is 14.6. The second-order valence-electron chi connectivity index (χ2n) is 11.0. The van der Waals surface area contributed by atoms with Gasteiger partial charge in [0.1, 0.15) is 18.0 Å². The van der Waals surface area contributed by atoms with Crippen LogP contribution in [0.2, 0.25) is 0 Å². The molecule has 5 atom stereocenters. The number of benzene rings is 1. The molecule has 0 unspecified atom stereocenters. The van der Waals surface area contributed by atoms with Crippen LogP contribution < -0.4 is 4.90 Å². The molecule has 1 fully saturated rings. The fourth-order valence-corrected chi connectivity index (χ4v) is 4.99. The zero-order valence-corrected chi connectivity index (χ0v) is 24.4. The molecule has 3 rings (SSSR count). The first-order valence-electron chi connectivity index (χ1n) is 14.2. The second-order valence-corrected chi connectivity index (χ2v) is 11.0. The van der Waals surface area contributed by atoms with E-state index in [-0.39, 0.29) is 37.0 Å². The highest BCUT2D eigenvalue weighted by Crippen LogP contribution is 2.27. The highest BCUT2D eigenvalue weighted by atomic mass is 19.1. The van der Waals surface area contributed by atoms with Crippen LogP contribution in [0.4, 0.5) is 14.9 Å². The molecule has 0 saturated carbocycles. The number of esters is 1. The van der Waals surface area contributed by atoms with Gasteiger partial charge in [-0.25, -0.2) is 9.18 Å². The predicted molar refractivity (Wildman–Crippen MR) is 153 cm³/mol. The van der Waals surface area contributed by atoms with Gasteiger partial charge in [-0.15, -0.1) is 0 Å². The number of nitriles is 1. The van der Waals surface area contributed by atoms with Crippen LogP contribution in [-0.2, 0) is 19.0 Å². The minimum Gasteiger partial charge on any atom is -0.457 e. The number of aliphatic hydroxyl groups excluding tert-OH is 1. The molecule has 1 amide bonds. The molecule has 2 aliphatic rings. The number of cyclic esters (lactones) is 1. The molecule has 1 aromatic rings. The third-order valence-corrected chi connectivity index (χ3v) is 7.49. The molecule has 0 radical (unpaired) electrons. The molecular formula is C31H42FN3O6. The number of amides is 1. The molecule has 2 heterocycles. The van der Waals surface area contributed by atoms with Gasteiger partial charge in [-0.05, 0) is 61.1 Å². The van der Waals surface area contributed by atoms with Crippen molar-refractivity contribution in [2.24, 2.45) is 11.8 Å². The Morgan fingerprint density at radius 2 is 1.98 bits per heavy atom.